The molecule has 160 valence electrons. The maximum Gasteiger partial charge on any atom is 0.254 e. The number of nitrogens with zero attached hydrogens (tertiary/aromatic N) is 1. The lowest BCUT2D eigenvalue weighted by Crippen LogP contribution is -2.42. The van der Waals surface area contributed by atoms with Crippen LogP contribution in [0.5, 0.6) is 11.5 Å². The van der Waals surface area contributed by atoms with Gasteiger partial charge in [-0.2, -0.15) is 0 Å². The van der Waals surface area contributed by atoms with E-state index in [0.29, 0.717) is 31.7 Å². The molecule has 2 N–H and O–H groups in total. The van der Waals surface area contributed by atoms with E-state index < -0.39 is 17.1 Å². The Kier molecular flexibility index (Phi) is 5.28. The molecular weight excluding hydrogens is 370 g/mol. The van der Waals surface area contributed by atoms with Gasteiger partial charge in [0.25, 0.3) is 5.91 Å². The van der Waals surface area contributed by atoms with Crippen LogP contribution in [-0.2, 0) is 4.79 Å². The Morgan fingerprint density at radius 2 is 1.93 bits per heavy atom. The zero-order chi connectivity index (χ0) is 20.8. The Morgan fingerprint density at radius 3 is 2.52 bits per heavy atom. The van der Waals surface area contributed by atoms with E-state index in [4.69, 9.17) is 9.47 Å². The molecule has 4 rings (SSSR count). The van der Waals surface area contributed by atoms with Crippen molar-refractivity contribution in [2.45, 2.75) is 76.1 Å². The van der Waals surface area contributed by atoms with Crippen molar-refractivity contribution >= 4 is 5.91 Å². The maximum atomic E-state index is 12.8. The van der Waals surface area contributed by atoms with Crippen LogP contribution < -0.4 is 9.47 Å². The third-order valence-corrected chi connectivity index (χ3v) is 7.28. The second kappa shape index (κ2) is 7.47. The summed E-state index contributed by atoms with van der Waals surface area (Å²) < 4.78 is 11.8. The van der Waals surface area contributed by atoms with Crippen LogP contribution in [0.4, 0.5) is 0 Å². The largest absolute Gasteiger partial charge is 0.493 e. The Morgan fingerprint density at radius 1 is 1.24 bits per heavy atom. The molecule has 0 aromatic heterocycles. The van der Waals surface area contributed by atoms with Gasteiger partial charge in [-0.3, -0.25) is 4.79 Å². The van der Waals surface area contributed by atoms with E-state index in [-0.39, 0.29) is 17.9 Å². The topological polar surface area (TPSA) is 79.2 Å². The highest BCUT2D eigenvalue weighted by molar-refractivity contribution is 5.88. The minimum atomic E-state index is -1.19. The highest BCUT2D eigenvalue weighted by atomic mass is 16.5. The Hall–Kier alpha value is -1.79. The minimum Gasteiger partial charge on any atom is -0.493 e. The molecule has 3 unspecified atom stereocenters. The summed E-state index contributed by atoms with van der Waals surface area (Å²) >= 11 is 0. The molecule has 0 radical (unpaired) electrons. The van der Waals surface area contributed by atoms with Gasteiger partial charge in [0, 0.05) is 24.4 Å². The molecule has 1 aromatic carbocycles. The van der Waals surface area contributed by atoms with Gasteiger partial charge in [0.15, 0.2) is 11.5 Å². The fourth-order valence-corrected chi connectivity index (χ4v) is 4.89. The van der Waals surface area contributed by atoms with Crippen molar-refractivity contribution in [2.24, 2.45) is 5.41 Å². The highest BCUT2D eigenvalue weighted by Crippen LogP contribution is 2.49. The maximum absolute atomic E-state index is 12.8. The first-order valence-electron chi connectivity index (χ1n) is 10.8. The van der Waals surface area contributed by atoms with Gasteiger partial charge in [-0.15, -0.1) is 0 Å². The van der Waals surface area contributed by atoms with Crippen molar-refractivity contribution in [3.63, 3.8) is 0 Å². The molecule has 3 fully saturated rings. The fourth-order valence-electron chi connectivity index (χ4n) is 4.89. The monoisotopic (exact) mass is 403 g/mol. The van der Waals surface area contributed by atoms with E-state index in [1.165, 1.54) is 12.8 Å². The number of aliphatic hydroxyl groups is 2. The van der Waals surface area contributed by atoms with E-state index in [1.54, 1.807) is 18.9 Å². The van der Waals surface area contributed by atoms with E-state index in [9.17, 15) is 15.0 Å². The third-order valence-electron chi connectivity index (χ3n) is 7.28. The first-order chi connectivity index (χ1) is 13.8. The van der Waals surface area contributed by atoms with Crippen LogP contribution in [0.3, 0.4) is 0 Å². The van der Waals surface area contributed by atoms with Crippen molar-refractivity contribution in [1.82, 2.24) is 4.90 Å². The number of hydrogen-bond acceptors (Lipinski definition) is 5. The van der Waals surface area contributed by atoms with E-state index in [0.717, 1.165) is 24.2 Å². The van der Waals surface area contributed by atoms with E-state index >= 15 is 0 Å². The fraction of sp³-hybridized carbons (Fsp3) is 0.696. The lowest BCUT2D eigenvalue weighted by atomic mass is 9.72. The number of likely N-dealkylation sites (tertiary alicyclic amines) is 1. The molecular formula is C23H33NO5. The molecule has 1 amide bonds. The molecule has 3 atom stereocenters. The molecule has 1 saturated heterocycles. The van der Waals surface area contributed by atoms with Crippen LogP contribution in [0.25, 0.3) is 0 Å². The van der Waals surface area contributed by atoms with Gasteiger partial charge >= 0.3 is 0 Å². The lowest BCUT2D eigenvalue weighted by molar-refractivity contribution is -0.142. The SMILES string of the molecule is COc1ccc(C2CN(C(=O)C3(O)CC3)CC2(C)C(C)O)cc1OC1CCCC1. The smallest absolute Gasteiger partial charge is 0.254 e. The minimum absolute atomic E-state index is 0.0503. The third kappa shape index (κ3) is 3.73. The van der Waals surface area contributed by atoms with Crippen molar-refractivity contribution in [1.29, 1.82) is 0 Å². The second-order valence-electron chi connectivity index (χ2n) is 9.39. The highest BCUT2D eigenvalue weighted by Gasteiger charge is 2.55. The molecule has 0 bridgehead atoms. The summed E-state index contributed by atoms with van der Waals surface area (Å²) in [5.41, 5.74) is -0.661. The van der Waals surface area contributed by atoms with Crippen molar-refractivity contribution < 1.29 is 24.5 Å². The number of hydrogen-bond donors (Lipinski definition) is 2. The Labute approximate surface area is 172 Å². The normalized spacial score (nSPS) is 29.7. The first-order valence-corrected chi connectivity index (χ1v) is 10.8. The number of methoxy groups -OCH3 is 1. The first kappa shape index (κ1) is 20.5. The zero-order valence-corrected chi connectivity index (χ0v) is 17.7. The molecule has 2 aliphatic carbocycles. The summed E-state index contributed by atoms with van der Waals surface area (Å²) in [4.78, 5) is 14.5. The summed E-state index contributed by atoms with van der Waals surface area (Å²) in [6.45, 7) is 4.72. The predicted octanol–water partition coefficient (Wildman–Crippen LogP) is 2.85. The second-order valence-corrected chi connectivity index (χ2v) is 9.39. The molecule has 6 heteroatoms. The van der Waals surface area contributed by atoms with Gasteiger partial charge in [0.05, 0.1) is 19.3 Å². The molecule has 1 heterocycles. The van der Waals surface area contributed by atoms with Crippen LogP contribution in [0.15, 0.2) is 18.2 Å². The van der Waals surface area contributed by atoms with Crippen molar-refractivity contribution in [2.75, 3.05) is 20.2 Å². The van der Waals surface area contributed by atoms with Gasteiger partial charge in [0.2, 0.25) is 0 Å². The Balaban J connectivity index is 1.63. The van der Waals surface area contributed by atoms with Crippen molar-refractivity contribution in [3.8, 4) is 11.5 Å². The number of aliphatic hydroxyl groups excluding tert-OH is 1. The van der Waals surface area contributed by atoms with Crippen LogP contribution in [0.2, 0.25) is 0 Å². The van der Waals surface area contributed by atoms with Crippen molar-refractivity contribution in [3.05, 3.63) is 23.8 Å². The standard InChI is InChI=1S/C23H33NO5/c1-15(25)22(2)14-24(21(26)23(27)10-11-23)13-18(22)16-8-9-19(28-3)20(12-16)29-17-6-4-5-7-17/h8-9,12,15,17-18,25,27H,4-7,10-11,13-14H2,1-3H3. The molecule has 1 aromatic rings. The predicted molar refractivity (Wildman–Crippen MR) is 109 cm³/mol. The van der Waals surface area contributed by atoms with Crippen LogP contribution in [0, 0.1) is 5.41 Å². The van der Waals surface area contributed by atoms with Gasteiger partial charge < -0.3 is 24.6 Å². The van der Waals surface area contributed by atoms with Gasteiger partial charge in [0.1, 0.15) is 5.60 Å². The summed E-state index contributed by atoms with van der Waals surface area (Å²) in [5, 5.41) is 20.9. The number of carbonyl (C=O) groups is 1. The summed E-state index contributed by atoms with van der Waals surface area (Å²) in [6, 6.07) is 5.94. The van der Waals surface area contributed by atoms with Crippen LogP contribution in [0.1, 0.15) is 63.9 Å². The number of carbonyl (C=O) groups excluding carboxylic acids is 1. The molecule has 6 nitrogen and oxygen atoms in total. The number of rotatable bonds is 6. The van der Waals surface area contributed by atoms with Gasteiger partial charge in [-0.1, -0.05) is 13.0 Å². The number of amides is 1. The summed E-state index contributed by atoms with van der Waals surface area (Å²) in [6.07, 6.45) is 5.17. The average molecular weight is 404 g/mol. The molecule has 0 spiro atoms. The average Bonchev–Trinajstić information content (AvgIpc) is 3.09. The van der Waals surface area contributed by atoms with Crippen LogP contribution >= 0.6 is 0 Å². The quantitative estimate of drug-likeness (QED) is 0.764. The summed E-state index contributed by atoms with van der Waals surface area (Å²) in [5.74, 6) is 1.18. The van der Waals surface area contributed by atoms with Gasteiger partial charge in [-0.05, 0) is 63.1 Å². The molecule has 1 aliphatic heterocycles. The van der Waals surface area contributed by atoms with Gasteiger partial charge in [-0.25, -0.2) is 0 Å². The molecule has 2 saturated carbocycles. The number of ether oxygens (including phenoxy) is 2. The molecule has 29 heavy (non-hydrogen) atoms. The van der Waals surface area contributed by atoms with Crippen LogP contribution in [-0.4, -0.2) is 59.0 Å². The lowest BCUT2D eigenvalue weighted by Gasteiger charge is -2.34. The van der Waals surface area contributed by atoms with E-state index in [2.05, 4.69) is 0 Å². The zero-order valence-electron chi connectivity index (χ0n) is 17.7. The summed E-state index contributed by atoms with van der Waals surface area (Å²) in [7, 11) is 1.64. The Bertz CT molecular complexity index is 769. The molecule has 3 aliphatic rings. The van der Waals surface area contributed by atoms with E-state index in [1.807, 2.05) is 25.1 Å². The number of benzene rings is 1.